The largest absolute Gasteiger partial charge is 0.330 e. The Morgan fingerprint density at radius 1 is 1.33 bits per heavy atom. The molecule has 0 amide bonds. The standard InChI is InChI=1S/C14H19N3O/c1-3-8-15-11(2)12-4-6-13(7-5-12)17-10-9-16-14(17)18/h4-7,9-11,15H,3,8H2,1-2H3,(H,16,18). The van der Waals surface area contributed by atoms with Crippen molar-refractivity contribution in [3.63, 3.8) is 0 Å². The molecule has 0 spiro atoms. The zero-order chi connectivity index (χ0) is 13.0. The second kappa shape index (κ2) is 5.69. The van der Waals surface area contributed by atoms with Gasteiger partial charge in [0.1, 0.15) is 0 Å². The summed E-state index contributed by atoms with van der Waals surface area (Å²) < 4.78 is 1.59. The molecule has 0 saturated carbocycles. The topological polar surface area (TPSA) is 49.8 Å². The van der Waals surface area contributed by atoms with Gasteiger partial charge in [-0.1, -0.05) is 19.1 Å². The van der Waals surface area contributed by atoms with E-state index >= 15 is 0 Å². The van der Waals surface area contributed by atoms with E-state index in [-0.39, 0.29) is 5.69 Å². The molecule has 0 saturated heterocycles. The zero-order valence-corrected chi connectivity index (χ0v) is 10.8. The van der Waals surface area contributed by atoms with Gasteiger partial charge in [-0.3, -0.25) is 4.57 Å². The number of aromatic amines is 1. The molecule has 2 aromatic rings. The Hall–Kier alpha value is -1.81. The summed E-state index contributed by atoms with van der Waals surface area (Å²) in [5, 5.41) is 3.44. The first kappa shape index (κ1) is 12.6. The van der Waals surface area contributed by atoms with Crippen LogP contribution >= 0.6 is 0 Å². The van der Waals surface area contributed by atoms with Crippen LogP contribution in [0, 0.1) is 0 Å². The van der Waals surface area contributed by atoms with Crippen LogP contribution in [-0.2, 0) is 0 Å². The normalized spacial score (nSPS) is 12.6. The third-order valence-corrected chi connectivity index (χ3v) is 3.02. The third kappa shape index (κ3) is 2.71. The number of aromatic nitrogens is 2. The fraction of sp³-hybridized carbons (Fsp3) is 0.357. The SMILES string of the molecule is CCCNC(C)c1ccc(-n2cc[nH]c2=O)cc1. The molecular formula is C14H19N3O. The molecule has 0 bridgehead atoms. The lowest BCUT2D eigenvalue weighted by molar-refractivity contribution is 0.570. The first-order valence-electron chi connectivity index (χ1n) is 6.32. The fourth-order valence-corrected chi connectivity index (χ4v) is 1.93. The molecule has 1 atom stereocenters. The van der Waals surface area contributed by atoms with E-state index in [9.17, 15) is 4.79 Å². The summed E-state index contributed by atoms with van der Waals surface area (Å²) in [5.74, 6) is 0. The number of hydrogen-bond donors (Lipinski definition) is 2. The highest BCUT2D eigenvalue weighted by atomic mass is 16.1. The van der Waals surface area contributed by atoms with Gasteiger partial charge in [-0.25, -0.2) is 4.79 Å². The van der Waals surface area contributed by atoms with Crippen molar-refractivity contribution in [2.24, 2.45) is 0 Å². The number of benzene rings is 1. The lowest BCUT2D eigenvalue weighted by Crippen LogP contribution is -2.19. The zero-order valence-electron chi connectivity index (χ0n) is 10.8. The van der Waals surface area contributed by atoms with Crippen LogP contribution in [0.15, 0.2) is 41.5 Å². The molecule has 0 aliphatic rings. The second-order valence-electron chi connectivity index (χ2n) is 4.40. The molecule has 1 heterocycles. The summed E-state index contributed by atoms with van der Waals surface area (Å²) in [6.45, 7) is 5.31. The minimum Gasteiger partial charge on any atom is -0.312 e. The summed E-state index contributed by atoms with van der Waals surface area (Å²) in [6, 6.07) is 8.38. The van der Waals surface area contributed by atoms with Crippen LogP contribution in [0.2, 0.25) is 0 Å². The van der Waals surface area contributed by atoms with E-state index in [1.54, 1.807) is 17.0 Å². The maximum atomic E-state index is 11.5. The average Bonchev–Trinajstić information content (AvgIpc) is 2.82. The Bertz CT molecular complexity index is 539. The van der Waals surface area contributed by atoms with Crippen molar-refractivity contribution in [1.82, 2.24) is 14.9 Å². The predicted octanol–water partition coefficient (Wildman–Crippen LogP) is 2.23. The van der Waals surface area contributed by atoms with Gasteiger partial charge in [-0.15, -0.1) is 0 Å². The smallest absolute Gasteiger partial charge is 0.312 e. The van der Waals surface area contributed by atoms with Gasteiger partial charge in [-0.05, 0) is 37.6 Å². The molecule has 1 aromatic heterocycles. The summed E-state index contributed by atoms with van der Waals surface area (Å²) >= 11 is 0. The van der Waals surface area contributed by atoms with Crippen molar-refractivity contribution >= 4 is 0 Å². The molecular weight excluding hydrogens is 226 g/mol. The Morgan fingerprint density at radius 2 is 2.06 bits per heavy atom. The van der Waals surface area contributed by atoms with Crippen LogP contribution in [0.1, 0.15) is 31.9 Å². The van der Waals surface area contributed by atoms with E-state index in [1.165, 1.54) is 5.56 Å². The molecule has 4 nitrogen and oxygen atoms in total. The molecule has 2 rings (SSSR count). The monoisotopic (exact) mass is 245 g/mol. The Balaban J connectivity index is 2.15. The van der Waals surface area contributed by atoms with Crippen molar-refractivity contribution in [2.75, 3.05) is 6.54 Å². The fourth-order valence-electron chi connectivity index (χ4n) is 1.93. The molecule has 4 heteroatoms. The van der Waals surface area contributed by atoms with Crippen molar-refractivity contribution < 1.29 is 0 Å². The van der Waals surface area contributed by atoms with Gasteiger partial charge in [0.15, 0.2) is 0 Å². The van der Waals surface area contributed by atoms with Gasteiger partial charge in [0.2, 0.25) is 0 Å². The molecule has 18 heavy (non-hydrogen) atoms. The van der Waals surface area contributed by atoms with Crippen molar-refractivity contribution in [3.05, 3.63) is 52.7 Å². The van der Waals surface area contributed by atoms with Crippen LogP contribution in [-0.4, -0.2) is 16.1 Å². The van der Waals surface area contributed by atoms with Gasteiger partial charge in [0.25, 0.3) is 0 Å². The first-order chi connectivity index (χ1) is 8.72. The van der Waals surface area contributed by atoms with E-state index in [4.69, 9.17) is 0 Å². The molecule has 0 aliphatic heterocycles. The van der Waals surface area contributed by atoms with E-state index in [0.29, 0.717) is 6.04 Å². The molecule has 0 aliphatic carbocycles. The quantitative estimate of drug-likeness (QED) is 0.848. The highest BCUT2D eigenvalue weighted by Gasteiger charge is 2.05. The van der Waals surface area contributed by atoms with E-state index < -0.39 is 0 Å². The number of nitrogens with zero attached hydrogens (tertiary/aromatic N) is 1. The molecule has 2 N–H and O–H groups in total. The van der Waals surface area contributed by atoms with Crippen LogP contribution < -0.4 is 11.0 Å². The van der Waals surface area contributed by atoms with E-state index in [2.05, 4.69) is 36.3 Å². The highest BCUT2D eigenvalue weighted by Crippen LogP contribution is 2.14. The minimum atomic E-state index is -0.111. The van der Waals surface area contributed by atoms with Gasteiger partial charge >= 0.3 is 5.69 Å². The molecule has 1 unspecified atom stereocenters. The summed E-state index contributed by atoms with van der Waals surface area (Å²) in [6.07, 6.45) is 4.50. The third-order valence-electron chi connectivity index (χ3n) is 3.02. The minimum absolute atomic E-state index is 0.111. The maximum absolute atomic E-state index is 11.5. The first-order valence-corrected chi connectivity index (χ1v) is 6.32. The summed E-state index contributed by atoms with van der Waals surface area (Å²) in [4.78, 5) is 14.1. The van der Waals surface area contributed by atoms with Crippen LogP contribution in [0.4, 0.5) is 0 Å². The summed E-state index contributed by atoms with van der Waals surface area (Å²) in [5.41, 5.74) is 2.00. The Labute approximate surface area is 107 Å². The van der Waals surface area contributed by atoms with Crippen LogP contribution in [0.5, 0.6) is 0 Å². The van der Waals surface area contributed by atoms with Crippen LogP contribution in [0.3, 0.4) is 0 Å². The summed E-state index contributed by atoms with van der Waals surface area (Å²) in [7, 11) is 0. The number of nitrogens with one attached hydrogen (secondary N) is 2. The molecule has 1 aromatic carbocycles. The van der Waals surface area contributed by atoms with Crippen molar-refractivity contribution in [2.45, 2.75) is 26.3 Å². The van der Waals surface area contributed by atoms with Crippen molar-refractivity contribution in [1.29, 1.82) is 0 Å². The Kier molecular flexibility index (Phi) is 3.99. The predicted molar refractivity (Wildman–Crippen MR) is 73.1 cm³/mol. The van der Waals surface area contributed by atoms with Gasteiger partial charge < -0.3 is 10.3 Å². The highest BCUT2D eigenvalue weighted by molar-refractivity contribution is 5.35. The average molecular weight is 245 g/mol. The maximum Gasteiger partial charge on any atom is 0.330 e. The lowest BCUT2D eigenvalue weighted by atomic mass is 10.1. The lowest BCUT2D eigenvalue weighted by Gasteiger charge is -2.14. The molecule has 0 fully saturated rings. The molecule has 0 radical (unpaired) electrons. The number of imidazole rings is 1. The van der Waals surface area contributed by atoms with Crippen LogP contribution in [0.25, 0.3) is 5.69 Å². The second-order valence-corrected chi connectivity index (χ2v) is 4.40. The van der Waals surface area contributed by atoms with Gasteiger partial charge in [0, 0.05) is 18.4 Å². The Morgan fingerprint density at radius 3 is 2.61 bits per heavy atom. The van der Waals surface area contributed by atoms with E-state index in [1.807, 2.05) is 12.1 Å². The number of rotatable bonds is 5. The van der Waals surface area contributed by atoms with Crippen molar-refractivity contribution in [3.8, 4) is 5.69 Å². The molecule has 96 valence electrons. The van der Waals surface area contributed by atoms with E-state index in [0.717, 1.165) is 18.7 Å². The number of hydrogen-bond acceptors (Lipinski definition) is 2. The van der Waals surface area contributed by atoms with Gasteiger partial charge in [0.05, 0.1) is 5.69 Å². The number of H-pyrrole nitrogens is 1. The van der Waals surface area contributed by atoms with Gasteiger partial charge in [-0.2, -0.15) is 0 Å².